The molecule has 3 heterocycles. The lowest BCUT2D eigenvalue weighted by atomic mass is 10.1. The Morgan fingerprint density at radius 3 is 2.70 bits per heavy atom. The molecule has 1 aliphatic rings. The summed E-state index contributed by atoms with van der Waals surface area (Å²) in [4.78, 5) is 35.4. The zero-order valence-electron chi connectivity index (χ0n) is 14.9. The largest absolute Gasteiger partial charge is 0.328 e. The predicted octanol–water partition coefficient (Wildman–Crippen LogP) is 2.45. The topological polar surface area (TPSA) is 68.1 Å². The molecule has 3 aromatic rings. The van der Waals surface area contributed by atoms with Crippen LogP contribution < -0.4 is 5.56 Å². The SMILES string of the molecule is Cc1nc2c(c(=O)n1C)CN(C(=O)c1ccc(-c3cccc(F)c3)nc1)C2. The summed E-state index contributed by atoms with van der Waals surface area (Å²) in [5, 5.41) is 0. The maximum absolute atomic E-state index is 13.4. The summed E-state index contributed by atoms with van der Waals surface area (Å²) < 4.78 is 14.9. The molecule has 0 radical (unpaired) electrons. The molecule has 0 fully saturated rings. The van der Waals surface area contributed by atoms with Crippen molar-refractivity contribution in [3.8, 4) is 11.3 Å². The van der Waals surface area contributed by atoms with Gasteiger partial charge in [-0.2, -0.15) is 0 Å². The van der Waals surface area contributed by atoms with E-state index in [1.54, 1.807) is 43.1 Å². The van der Waals surface area contributed by atoms with Gasteiger partial charge >= 0.3 is 0 Å². The van der Waals surface area contributed by atoms with E-state index in [9.17, 15) is 14.0 Å². The van der Waals surface area contributed by atoms with Crippen molar-refractivity contribution < 1.29 is 9.18 Å². The van der Waals surface area contributed by atoms with E-state index in [0.29, 0.717) is 40.4 Å². The van der Waals surface area contributed by atoms with Gasteiger partial charge < -0.3 is 4.90 Å². The molecule has 0 N–H and O–H groups in total. The van der Waals surface area contributed by atoms with E-state index in [-0.39, 0.29) is 23.8 Å². The number of pyridine rings is 1. The Bertz CT molecular complexity index is 1110. The molecule has 0 atom stereocenters. The van der Waals surface area contributed by atoms with Gasteiger partial charge in [-0.15, -0.1) is 0 Å². The van der Waals surface area contributed by atoms with Crippen LogP contribution in [0, 0.1) is 12.7 Å². The number of aromatic nitrogens is 3. The second-order valence-electron chi connectivity index (χ2n) is 6.55. The summed E-state index contributed by atoms with van der Waals surface area (Å²) >= 11 is 0. The van der Waals surface area contributed by atoms with Gasteiger partial charge in [0.05, 0.1) is 35.6 Å². The Balaban J connectivity index is 1.57. The molecule has 0 saturated carbocycles. The molecule has 0 unspecified atom stereocenters. The lowest BCUT2D eigenvalue weighted by molar-refractivity contribution is 0.0749. The molecule has 0 spiro atoms. The van der Waals surface area contributed by atoms with Gasteiger partial charge in [0.1, 0.15) is 11.6 Å². The van der Waals surface area contributed by atoms with Crippen molar-refractivity contribution in [1.29, 1.82) is 0 Å². The van der Waals surface area contributed by atoms with Crippen LogP contribution in [0.3, 0.4) is 0 Å². The molecule has 27 heavy (non-hydrogen) atoms. The first-order valence-corrected chi connectivity index (χ1v) is 8.50. The molecular formula is C20H17FN4O2. The number of carbonyl (C=O) groups excluding carboxylic acids is 1. The Morgan fingerprint density at radius 2 is 2.00 bits per heavy atom. The molecule has 0 aliphatic carbocycles. The Morgan fingerprint density at radius 1 is 1.19 bits per heavy atom. The number of halogens is 1. The standard InChI is InChI=1S/C20H17FN4O2/c1-12-23-18-11-25(10-16(18)20(27)24(12)2)19(26)14-6-7-17(22-9-14)13-4-3-5-15(21)8-13/h3-9H,10-11H2,1-2H3. The van der Waals surface area contributed by atoms with Crippen LogP contribution in [0.15, 0.2) is 47.4 Å². The van der Waals surface area contributed by atoms with E-state index in [1.165, 1.54) is 22.9 Å². The maximum Gasteiger partial charge on any atom is 0.258 e. The third-order valence-electron chi connectivity index (χ3n) is 4.80. The first kappa shape index (κ1) is 17.1. The van der Waals surface area contributed by atoms with E-state index in [4.69, 9.17) is 0 Å². The first-order valence-electron chi connectivity index (χ1n) is 8.50. The summed E-state index contributed by atoms with van der Waals surface area (Å²) in [7, 11) is 1.67. The van der Waals surface area contributed by atoms with Crippen LogP contribution in [0.2, 0.25) is 0 Å². The second-order valence-corrected chi connectivity index (χ2v) is 6.55. The van der Waals surface area contributed by atoms with Gasteiger partial charge in [-0.25, -0.2) is 9.37 Å². The van der Waals surface area contributed by atoms with Crippen LogP contribution in [-0.2, 0) is 20.1 Å². The lowest BCUT2D eigenvalue weighted by Crippen LogP contribution is -2.27. The number of nitrogens with zero attached hydrogens (tertiary/aromatic N) is 4. The van der Waals surface area contributed by atoms with Gasteiger partial charge in [0, 0.05) is 18.8 Å². The summed E-state index contributed by atoms with van der Waals surface area (Å²) in [6.45, 7) is 2.30. The summed E-state index contributed by atoms with van der Waals surface area (Å²) in [5.74, 6) is 0.0637. The van der Waals surface area contributed by atoms with Gasteiger partial charge in [-0.05, 0) is 31.2 Å². The predicted molar refractivity (Wildman–Crippen MR) is 97.4 cm³/mol. The quantitative estimate of drug-likeness (QED) is 0.700. The minimum Gasteiger partial charge on any atom is -0.328 e. The highest BCUT2D eigenvalue weighted by molar-refractivity contribution is 5.94. The molecule has 7 heteroatoms. The fourth-order valence-corrected chi connectivity index (χ4v) is 3.19. The van der Waals surface area contributed by atoms with Crippen LogP contribution in [-0.4, -0.2) is 25.3 Å². The Kier molecular flexibility index (Phi) is 4.07. The number of rotatable bonds is 2. The van der Waals surface area contributed by atoms with Crippen molar-refractivity contribution in [2.24, 2.45) is 7.05 Å². The van der Waals surface area contributed by atoms with E-state index in [0.717, 1.165) is 0 Å². The number of amides is 1. The molecule has 6 nitrogen and oxygen atoms in total. The third-order valence-corrected chi connectivity index (χ3v) is 4.80. The molecule has 1 aliphatic heterocycles. The molecule has 0 bridgehead atoms. The van der Waals surface area contributed by atoms with Crippen LogP contribution in [0.1, 0.15) is 27.4 Å². The van der Waals surface area contributed by atoms with Crippen LogP contribution >= 0.6 is 0 Å². The van der Waals surface area contributed by atoms with E-state index in [2.05, 4.69) is 9.97 Å². The highest BCUT2D eigenvalue weighted by Gasteiger charge is 2.28. The van der Waals surface area contributed by atoms with Crippen molar-refractivity contribution in [3.63, 3.8) is 0 Å². The van der Waals surface area contributed by atoms with Crippen molar-refractivity contribution in [2.45, 2.75) is 20.0 Å². The zero-order valence-corrected chi connectivity index (χ0v) is 14.9. The van der Waals surface area contributed by atoms with Crippen LogP contribution in [0.25, 0.3) is 11.3 Å². The van der Waals surface area contributed by atoms with E-state index >= 15 is 0 Å². The number of hydrogen-bond donors (Lipinski definition) is 0. The Hall–Kier alpha value is -3.35. The minimum atomic E-state index is -0.339. The monoisotopic (exact) mass is 364 g/mol. The number of benzene rings is 1. The van der Waals surface area contributed by atoms with Crippen molar-refractivity contribution >= 4 is 5.91 Å². The number of fused-ring (bicyclic) bond motifs is 1. The molecule has 1 aromatic carbocycles. The summed E-state index contributed by atoms with van der Waals surface area (Å²) in [6.07, 6.45) is 1.47. The van der Waals surface area contributed by atoms with Crippen molar-refractivity contribution in [3.05, 3.63) is 81.4 Å². The third kappa shape index (κ3) is 3.01. The molecule has 0 saturated heterocycles. The minimum absolute atomic E-state index is 0.118. The van der Waals surface area contributed by atoms with Crippen molar-refractivity contribution in [1.82, 2.24) is 19.4 Å². The molecular weight excluding hydrogens is 347 g/mol. The smallest absolute Gasteiger partial charge is 0.258 e. The lowest BCUT2D eigenvalue weighted by Gasteiger charge is -2.14. The van der Waals surface area contributed by atoms with E-state index in [1.807, 2.05) is 0 Å². The van der Waals surface area contributed by atoms with Gasteiger partial charge in [0.25, 0.3) is 11.5 Å². The van der Waals surface area contributed by atoms with Gasteiger partial charge in [-0.3, -0.25) is 19.1 Å². The van der Waals surface area contributed by atoms with Crippen molar-refractivity contribution in [2.75, 3.05) is 0 Å². The molecule has 2 aromatic heterocycles. The average Bonchev–Trinajstić information content (AvgIpc) is 3.10. The number of hydrogen-bond acceptors (Lipinski definition) is 4. The van der Waals surface area contributed by atoms with Gasteiger partial charge in [0.2, 0.25) is 0 Å². The highest BCUT2D eigenvalue weighted by Crippen LogP contribution is 2.22. The van der Waals surface area contributed by atoms with Gasteiger partial charge in [-0.1, -0.05) is 12.1 Å². The number of carbonyl (C=O) groups is 1. The summed E-state index contributed by atoms with van der Waals surface area (Å²) in [5.41, 5.74) is 2.73. The Labute approximate surface area is 154 Å². The normalized spacial score (nSPS) is 12.9. The molecule has 1 amide bonds. The average molecular weight is 364 g/mol. The highest BCUT2D eigenvalue weighted by atomic mass is 19.1. The number of aryl methyl sites for hydroxylation is 1. The van der Waals surface area contributed by atoms with E-state index < -0.39 is 0 Å². The fourth-order valence-electron chi connectivity index (χ4n) is 3.19. The maximum atomic E-state index is 13.4. The zero-order chi connectivity index (χ0) is 19.1. The van der Waals surface area contributed by atoms with Crippen LogP contribution in [0.5, 0.6) is 0 Å². The molecule has 136 valence electrons. The first-order chi connectivity index (χ1) is 12.9. The fraction of sp³-hybridized carbons (Fsp3) is 0.200. The van der Waals surface area contributed by atoms with Gasteiger partial charge in [0.15, 0.2) is 0 Å². The summed E-state index contributed by atoms with van der Waals surface area (Å²) in [6, 6.07) is 9.48. The molecule has 4 rings (SSSR count). The second kappa shape index (κ2) is 6.42. The van der Waals surface area contributed by atoms with Crippen LogP contribution in [0.4, 0.5) is 4.39 Å².